The fourth-order valence-corrected chi connectivity index (χ4v) is 1.84. The normalized spacial score (nSPS) is 35.6. The summed E-state index contributed by atoms with van der Waals surface area (Å²) in [7, 11) is 0. The standard InChI is InChI=1S/C6H9NOS/c7-3-6-2-1-5(8)4-9-6/h5-6,8H,1-2,4H2/t5-,6-/m0/s1. The minimum atomic E-state index is -0.167. The van der Waals surface area contributed by atoms with Crippen LogP contribution < -0.4 is 0 Å². The Bertz CT molecular complexity index is 124. The molecule has 3 heteroatoms. The third-order valence-electron chi connectivity index (χ3n) is 1.40. The van der Waals surface area contributed by atoms with Gasteiger partial charge in [-0.3, -0.25) is 0 Å². The summed E-state index contributed by atoms with van der Waals surface area (Å²) in [4.78, 5) is 0. The van der Waals surface area contributed by atoms with E-state index in [2.05, 4.69) is 6.07 Å². The van der Waals surface area contributed by atoms with Crippen molar-refractivity contribution < 1.29 is 5.11 Å². The molecule has 0 aromatic rings. The molecule has 0 aliphatic carbocycles. The van der Waals surface area contributed by atoms with Crippen LogP contribution in [0.5, 0.6) is 0 Å². The summed E-state index contributed by atoms with van der Waals surface area (Å²) in [6.07, 6.45) is 1.48. The number of nitrogens with zero attached hydrogens (tertiary/aromatic N) is 1. The Morgan fingerprint density at radius 2 is 2.33 bits per heavy atom. The van der Waals surface area contributed by atoms with E-state index in [-0.39, 0.29) is 11.4 Å². The van der Waals surface area contributed by atoms with Gasteiger partial charge in [-0.2, -0.15) is 5.26 Å². The first-order valence-electron chi connectivity index (χ1n) is 3.02. The van der Waals surface area contributed by atoms with Crippen LogP contribution in [0.25, 0.3) is 0 Å². The molecule has 0 aromatic carbocycles. The monoisotopic (exact) mass is 143 g/mol. The third kappa shape index (κ3) is 1.88. The first kappa shape index (κ1) is 6.91. The molecule has 0 unspecified atom stereocenters. The second-order valence-corrected chi connectivity index (χ2v) is 3.42. The summed E-state index contributed by atoms with van der Waals surface area (Å²) in [5, 5.41) is 17.5. The molecule has 1 rings (SSSR count). The highest BCUT2D eigenvalue weighted by Crippen LogP contribution is 2.24. The summed E-state index contributed by atoms with van der Waals surface area (Å²) >= 11 is 1.56. The minimum Gasteiger partial charge on any atom is -0.392 e. The Morgan fingerprint density at radius 3 is 2.78 bits per heavy atom. The van der Waals surface area contributed by atoms with E-state index in [9.17, 15) is 0 Å². The van der Waals surface area contributed by atoms with Crippen LogP contribution in [0.1, 0.15) is 12.8 Å². The van der Waals surface area contributed by atoms with Gasteiger partial charge in [0, 0.05) is 5.75 Å². The molecule has 2 nitrogen and oxygen atoms in total. The Balaban J connectivity index is 2.28. The predicted molar refractivity (Wildman–Crippen MR) is 37.1 cm³/mol. The highest BCUT2D eigenvalue weighted by molar-refractivity contribution is 8.00. The van der Waals surface area contributed by atoms with Crippen LogP contribution in [0, 0.1) is 11.3 Å². The number of aliphatic hydroxyl groups is 1. The van der Waals surface area contributed by atoms with Crippen LogP contribution in [0.15, 0.2) is 0 Å². The van der Waals surface area contributed by atoms with E-state index in [4.69, 9.17) is 10.4 Å². The van der Waals surface area contributed by atoms with Crippen molar-refractivity contribution in [1.29, 1.82) is 5.26 Å². The average molecular weight is 143 g/mol. The lowest BCUT2D eigenvalue weighted by molar-refractivity contribution is 0.183. The van der Waals surface area contributed by atoms with E-state index in [1.807, 2.05) is 0 Å². The highest BCUT2D eigenvalue weighted by Gasteiger charge is 2.18. The van der Waals surface area contributed by atoms with Gasteiger partial charge >= 0.3 is 0 Å². The number of nitriles is 1. The smallest absolute Gasteiger partial charge is 0.0918 e. The van der Waals surface area contributed by atoms with Crippen molar-refractivity contribution in [3.63, 3.8) is 0 Å². The van der Waals surface area contributed by atoms with Gasteiger partial charge in [0.05, 0.1) is 17.4 Å². The lowest BCUT2D eigenvalue weighted by atomic mass is 10.2. The second kappa shape index (κ2) is 3.09. The number of hydrogen-bond acceptors (Lipinski definition) is 3. The summed E-state index contributed by atoms with van der Waals surface area (Å²) in [5.41, 5.74) is 0. The van der Waals surface area contributed by atoms with Crippen molar-refractivity contribution in [2.24, 2.45) is 0 Å². The summed E-state index contributed by atoms with van der Waals surface area (Å²) < 4.78 is 0. The van der Waals surface area contributed by atoms with Crippen molar-refractivity contribution in [3.8, 4) is 6.07 Å². The van der Waals surface area contributed by atoms with Gasteiger partial charge in [0.1, 0.15) is 0 Å². The molecule has 1 heterocycles. The fourth-order valence-electron chi connectivity index (χ4n) is 0.839. The fraction of sp³-hybridized carbons (Fsp3) is 0.833. The van der Waals surface area contributed by atoms with Crippen LogP contribution in [0.3, 0.4) is 0 Å². The lowest BCUT2D eigenvalue weighted by Gasteiger charge is -2.19. The maximum atomic E-state index is 8.99. The first-order valence-corrected chi connectivity index (χ1v) is 4.07. The Kier molecular flexibility index (Phi) is 2.38. The molecule has 1 N–H and O–H groups in total. The van der Waals surface area contributed by atoms with E-state index in [0.717, 1.165) is 18.6 Å². The predicted octanol–water partition coefficient (Wildman–Crippen LogP) is 0.766. The molecule has 1 aliphatic heterocycles. The van der Waals surface area contributed by atoms with E-state index in [1.54, 1.807) is 11.8 Å². The Labute approximate surface area is 58.9 Å². The zero-order chi connectivity index (χ0) is 6.69. The molecule has 0 saturated carbocycles. The molecular formula is C6H9NOS. The van der Waals surface area contributed by atoms with Crippen molar-refractivity contribution in [2.45, 2.75) is 24.2 Å². The van der Waals surface area contributed by atoms with Gasteiger partial charge in [-0.1, -0.05) is 0 Å². The molecule has 1 aliphatic rings. The van der Waals surface area contributed by atoms with Gasteiger partial charge in [0.25, 0.3) is 0 Å². The van der Waals surface area contributed by atoms with Crippen LogP contribution in [-0.4, -0.2) is 22.2 Å². The second-order valence-electron chi connectivity index (χ2n) is 2.18. The molecule has 0 bridgehead atoms. The molecule has 1 fully saturated rings. The van der Waals surface area contributed by atoms with E-state index in [0.29, 0.717) is 0 Å². The van der Waals surface area contributed by atoms with E-state index < -0.39 is 0 Å². The molecule has 0 amide bonds. The quantitative estimate of drug-likeness (QED) is 0.544. The van der Waals surface area contributed by atoms with Crippen LogP contribution >= 0.6 is 11.8 Å². The molecule has 1 saturated heterocycles. The van der Waals surface area contributed by atoms with Crippen LogP contribution in [0.4, 0.5) is 0 Å². The maximum absolute atomic E-state index is 8.99. The van der Waals surface area contributed by atoms with Crippen molar-refractivity contribution in [1.82, 2.24) is 0 Å². The zero-order valence-corrected chi connectivity index (χ0v) is 5.90. The third-order valence-corrected chi connectivity index (χ3v) is 2.72. The number of hydrogen-bond donors (Lipinski definition) is 1. The first-order chi connectivity index (χ1) is 4.33. The summed E-state index contributed by atoms with van der Waals surface area (Å²) in [5.74, 6) is 0.734. The topological polar surface area (TPSA) is 44.0 Å². The SMILES string of the molecule is N#C[C@@H]1CC[C@H](O)CS1. The van der Waals surface area contributed by atoms with Crippen LogP contribution in [-0.2, 0) is 0 Å². The average Bonchev–Trinajstić information content (AvgIpc) is 1.90. The van der Waals surface area contributed by atoms with Gasteiger partial charge < -0.3 is 5.11 Å². The lowest BCUT2D eigenvalue weighted by Crippen LogP contribution is -2.20. The van der Waals surface area contributed by atoms with Gasteiger partial charge in [-0.15, -0.1) is 11.8 Å². The molecule has 0 spiro atoms. The van der Waals surface area contributed by atoms with E-state index >= 15 is 0 Å². The van der Waals surface area contributed by atoms with Crippen LogP contribution in [0.2, 0.25) is 0 Å². The molecule has 2 atom stereocenters. The van der Waals surface area contributed by atoms with Gasteiger partial charge in [0.15, 0.2) is 0 Å². The Morgan fingerprint density at radius 1 is 1.56 bits per heavy atom. The highest BCUT2D eigenvalue weighted by atomic mass is 32.2. The number of thioether (sulfide) groups is 1. The van der Waals surface area contributed by atoms with Crippen molar-refractivity contribution in [2.75, 3.05) is 5.75 Å². The van der Waals surface area contributed by atoms with Gasteiger partial charge in [-0.05, 0) is 12.8 Å². The largest absolute Gasteiger partial charge is 0.392 e. The molecular weight excluding hydrogens is 134 g/mol. The number of aliphatic hydroxyl groups excluding tert-OH is 1. The minimum absolute atomic E-state index is 0.133. The zero-order valence-electron chi connectivity index (χ0n) is 5.08. The summed E-state index contributed by atoms with van der Waals surface area (Å²) in [6, 6.07) is 2.18. The van der Waals surface area contributed by atoms with E-state index in [1.165, 1.54) is 0 Å². The van der Waals surface area contributed by atoms with Crippen molar-refractivity contribution in [3.05, 3.63) is 0 Å². The molecule has 0 radical (unpaired) electrons. The molecule has 9 heavy (non-hydrogen) atoms. The molecule has 50 valence electrons. The summed E-state index contributed by atoms with van der Waals surface area (Å²) in [6.45, 7) is 0. The van der Waals surface area contributed by atoms with Crippen molar-refractivity contribution >= 4 is 11.8 Å². The Hall–Kier alpha value is -0.200. The number of rotatable bonds is 0. The van der Waals surface area contributed by atoms with Gasteiger partial charge in [-0.25, -0.2) is 0 Å². The maximum Gasteiger partial charge on any atom is 0.0918 e. The van der Waals surface area contributed by atoms with Gasteiger partial charge in [0.2, 0.25) is 0 Å². The molecule has 0 aromatic heterocycles.